The number of carbonyl (C=O) groups excluding carboxylic acids is 2. The van der Waals surface area contributed by atoms with Gasteiger partial charge in [-0.05, 0) is 20.8 Å². The van der Waals surface area contributed by atoms with Gasteiger partial charge in [0.25, 0.3) is 5.69 Å². The minimum Gasteiger partial charge on any atom is -1.00 e. The molecule has 2 aromatic rings. The summed E-state index contributed by atoms with van der Waals surface area (Å²) in [6.45, 7) is 7.98. The number of rotatable bonds is 4. The number of aromatic nitrogens is 4. The van der Waals surface area contributed by atoms with Gasteiger partial charge in [0.05, 0.1) is 26.6 Å². The Morgan fingerprint density at radius 1 is 1.17 bits per heavy atom. The summed E-state index contributed by atoms with van der Waals surface area (Å²) in [7, 11) is 1.87. The smallest absolute Gasteiger partial charge is 1.00 e. The Hall–Kier alpha value is -1.64. The molecule has 0 aliphatic carbocycles. The summed E-state index contributed by atoms with van der Waals surface area (Å²) in [6, 6.07) is 0. The summed E-state index contributed by atoms with van der Waals surface area (Å²) in [5.41, 5.74) is 2.52. The van der Waals surface area contributed by atoms with E-state index < -0.39 is 0 Å². The Morgan fingerprint density at radius 3 is 2.17 bits per heavy atom. The number of nitrogens with zero attached hydrogens (tertiary/aromatic N) is 2. The van der Waals surface area contributed by atoms with Crippen molar-refractivity contribution in [2.24, 2.45) is 7.05 Å². The largest absolute Gasteiger partial charge is 1.00 e. The third-order valence-electron chi connectivity index (χ3n) is 3.07. The third kappa shape index (κ3) is 6.10. The molecule has 0 aliphatic heterocycles. The first kappa shape index (κ1) is 22.4. The van der Waals surface area contributed by atoms with Gasteiger partial charge in [0.15, 0.2) is 11.4 Å². The van der Waals surface area contributed by atoms with Crippen molar-refractivity contribution in [1.29, 1.82) is 0 Å². The van der Waals surface area contributed by atoms with Gasteiger partial charge >= 0.3 is 41.5 Å². The second-order valence-corrected chi connectivity index (χ2v) is 4.66. The van der Waals surface area contributed by atoms with Gasteiger partial charge in [0.1, 0.15) is 0 Å². The van der Waals surface area contributed by atoms with E-state index in [4.69, 9.17) is 9.47 Å². The Morgan fingerprint density at radius 2 is 1.75 bits per heavy atom. The topological polar surface area (TPSA) is 101 Å². The van der Waals surface area contributed by atoms with Crippen molar-refractivity contribution < 1.29 is 54.6 Å². The van der Waals surface area contributed by atoms with Crippen LogP contribution in [0.3, 0.4) is 0 Å². The van der Waals surface area contributed by atoms with Gasteiger partial charge in [-0.15, -0.1) is 0 Å². The Balaban J connectivity index is 0. The quantitative estimate of drug-likeness (QED) is 0.392. The molecule has 8 nitrogen and oxygen atoms in total. The number of hydrogen-bond acceptors (Lipinski definition) is 5. The van der Waals surface area contributed by atoms with Crippen LogP contribution in [0, 0.1) is 13.8 Å². The molecule has 2 heterocycles. The third-order valence-corrected chi connectivity index (χ3v) is 3.07. The van der Waals surface area contributed by atoms with Gasteiger partial charge in [0.2, 0.25) is 6.33 Å². The molecule has 2 rings (SSSR count). The van der Waals surface area contributed by atoms with E-state index in [2.05, 4.69) is 15.0 Å². The van der Waals surface area contributed by atoms with Crippen LogP contribution in [-0.4, -0.2) is 40.1 Å². The number of H-pyrrole nitrogens is 2. The molecule has 24 heavy (non-hydrogen) atoms. The van der Waals surface area contributed by atoms with E-state index in [1.165, 1.54) is 6.33 Å². The van der Waals surface area contributed by atoms with E-state index in [1.54, 1.807) is 27.1 Å². The van der Waals surface area contributed by atoms with Crippen molar-refractivity contribution in [3.63, 3.8) is 0 Å². The van der Waals surface area contributed by atoms with Crippen LogP contribution in [0.4, 0.5) is 0 Å². The fourth-order valence-corrected chi connectivity index (χ4v) is 1.71. The SMILES string of the molecule is CCOC(=O)c1[nH]c[n+](C)c1C.CCOC(=O)c1nc[nH]c1C.[H-].[Na+]. The minimum atomic E-state index is -0.369. The van der Waals surface area contributed by atoms with Gasteiger partial charge in [0, 0.05) is 12.6 Å². The monoisotopic (exact) mass is 347 g/mol. The molecule has 2 aromatic heterocycles. The number of aryl methyl sites for hydroxylation is 2. The maximum Gasteiger partial charge on any atom is 1.00 e. The van der Waals surface area contributed by atoms with Crippen LogP contribution in [-0.2, 0) is 16.5 Å². The normalized spacial score (nSPS) is 9.38. The maximum atomic E-state index is 11.2. The van der Waals surface area contributed by atoms with Crippen LogP contribution < -0.4 is 34.1 Å². The standard InChI is InChI=1S/C8H12N2O2.C7H10N2O2.Na.H/c1-4-12-8(11)7-6(2)10(3)5-9-7;1-3-11-7(10)6-5(2)8-4-9-6;;/h5H,4H2,1-3H3;4H,3H2,1-2H3,(H,8,9);;/q;;+1;-1/p+1. The van der Waals surface area contributed by atoms with Gasteiger partial charge in [-0.1, -0.05) is 0 Å². The molecule has 9 heteroatoms. The zero-order valence-electron chi connectivity index (χ0n) is 16.1. The number of carbonyl (C=O) groups is 2. The first-order valence-corrected chi connectivity index (χ1v) is 7.30. The summed E-state index contributed by atoms with van der Waals surface area (Å²) in [5.74, 6) is -0.665. The fraction of sp³-hybridized carbons (Fsp3) is 0.467. The van der Waals surface area contributed by atoms with E-state index in [-0.39, 0.29) is 42.9 Å². The Kier molecular flexibility index (Phi) is 10.3. The fourth-order valence-electron chi connectivity index (χ4n) is 1.71. The Labute approximate surface area is 164 Å². The zero-order chi connectivity index (χ0) is 17.4. The van der Waals surface area contributed by atoms with Crippen LogP contribution >= 0.6 is 0 Å². The van der Waals surface area contributed by atoms with Crippen molar-refractivity contribution in [3.05, 3.63) is 35.4 Å². The predicted octanol–water partition coefficient (Wildman–Crippen LogP) is -1.66. The molecule has 0 radical (unpaired) electrons. The van der Waals surface area contributed by atoms with Gasteiger partial charge in [-0.2, -0.15) is 0 Å². The van der Waals surface area contributed by atoms with E-state index in [9.17, 15) is 9.59 Å². The van der Waals surface area contributed by atoms with Crippen molar-refractivity contribution in [3.8, 4) is 0 Å². The second kappa shape index (κ2) is 11.0. The average Bonchev–Trinajstić information content (AvgIpc) is 3.07. The number of nitrogens with one attached hydrogen (secondary N) is 2. The van der Waals surface area contributed by atoms with Gasteiger partial charge in [-0.3, -0.25) is 0 Å². The molecule has 0 unspecified atom stereocenters. The molecule has 0 saturated carbocycles. The summed E-state index contributed by atoms with van der Waals surface area (Å²) in [6.07, 6.45) is 3.20. The molecule has 0 bridgehead atoms. The Bertz CT molecular complexity index is 672. The average molecular weight is 347 g/mol. The number of hydrogen-bond donors (Lipinski definition) is 2. The molecular weight excluding hydrogens is 323 g/mol. The molecule has 0 aromatic carbocycles. The predicted molar refractivity (Wildman–Crippen MR) is 83.1 cm³/mol. The summed E-state index contributed by atoms with van der Waals surface area (Å²) < 4.78 is 11.4. The van der Waals surface area contributed by atoms with Crippen LogP contribution in [0.25, 0.3) is 0 Å². The maximum absolute atomic E-state index is 11.2. The number of aromatic amines is 2. The number of ether oxygens (including phenoxy) is 2. The molecule has 0 saturated heterocycles. The van der Waals surface area contributed by atoms with Gasteiger partial charge < -0.3 is 15.9 Å². The van der Waals surface area contributed by atoms with Crippen LogP contribution in [0.15, 0.2) is 12.7 Å². The van der Waals surface area contributed by atoms with Gasteiger partial charge in [-0.25, -0.2) is 24.1 Å². The number of esters is 2. The zero-order valence-corrected chi connectivity index (χ0v) is 17.1. The van der Waals surface area contributed by atoms with E-state index in [0.29, 0.717) is 24.6 Å². The summed E-state index contributed by atoms with van der Waals surface area (Å²) in [4.78, 5) is 31.7. The van der Waals surface area contributed by atoms with E-state index in [0.717, 1.165) is 11.4 Å². The second-order valence-electron chi connectivity index (χ2n) is 4.66. The van der Waals surface area contributed by atoms with E-state index >= 15 is 0 Å². The molecule has 128 valence electrons. The van der Waals surface area contributed by atoms with Crippen LogP contribution in [0.2, 0.25) is 0 Å². The molecule has 0 fully saturated rings. The molecular formula is C15H24N4NaO4+. The van der Waals surface area contributed by atoms with Crippen molar-refractivity contribution >= 4 is 11.9 Å². The first-order chi connectivity index (χ1) is 10.9. The summed E-state index contributed by atoms with van der Waals surface area (Å²) in [5, 5.41) is 0. The molecule has 0 atom stereocenters. The van der Waals surface area contributed by atoms with Crippen molar-refractivity contribution in [2.45, 2.75) is 27.7 Å². The molecule has 2 N–H and O–H groups in total. The van der Waals surface area contributed by atoms with Crippen LogP contribution in [0.5, 0.6) is 0 Å². The first-order valence-electron chi connectivity index (χ1n) is 7.30. The minimum absolute atomic E-state index is 0. The molecule has 0 aliphatic rings. The van der Waals surface area contributed by atoms with Crippen LogP contribution in [0.1, 0.15) is 47.6 Å². The van der Waals surface area contributed by atoms with E-state index in [1.807, 2.05) is 18.5 Å². The molecule has 0 spiro atoms. The summed E-state index contributed by atoms with van der Waals surface area (Å²) >= 11 is 0. The van der Waals surface area contributed by atoms with Crippen molar-refractivity contribution in [1.82, 2.24) is 15.0 Å². The molecule has 0 amide bonds. The van der Waals surface area contributed by atoms with Crippen molar-refractivity contribution in [2.75, 3.05) is 13.2 Å². The number of imidazole rings is 2.